The summed E-state index contributed by atoms with van der Waals surface area (Å²) in [7, 11) is 0. The molecule has 0 spiro atoms. The van der Waals surface area contributed by atoms with Crippen LogP contribution in [0.3, 0.4) is 0 Å². The van der Waals surface area contributed by atoms with Crippen LogP contribution in [0.15, 0.2) is 60.8 Å². The van der Waals surface area contributed by atoms with Gasteiger partial charge in [-0.1, -0.05) is 35.9 Å². The first kappa shape index (κ1) is 17.0. The quantitative estimate of drug-likeness (QED) is 0.639. The molecule has 0 saturated heterocycles. The van der Waals surface area contributed by atoms with Gasteiger partial charge in [0.05, 0.1) is 6.04 Å². The molecule has 1 aliphatic rings. The van der Waals surface area contributed by atoms with Crippen molar-refractivity contribution >= 4 is 0 Å². The van der Waals surface area contributed by atoms with Crippen LogP contribution in [-0.2, 0) is 13.1 Å². The number of halogens is 2. The zero-order valence-corrected chi connectivity index (χ0v) is 14.8. The van der Waals surface area contributed by atoms with E-state index in [0.717, 1.165) is 30.8 Å². The molecule has 0 radical (unpaired) electrons. The molecule has 0 fully saturated rings. The molecule has 1 aromatic heterocycles. The van der Waals surface area contributed by atoms with Crippen molar-refractivity contribution < 1.29 is 8.78 Å². The second-order valence-electron chi connectivity index (χ2n) is 6.97. The molecule has 4 rings (SSSR count). The molecular weight excluding hydrogens is 330 g/mol. The van der Waals surface area contributed by atoms with E-state index in [9.17, 15) is 8.78 Å². The zero-order valence-electron chi connectivity index (χ0n) is 14.8. The topological polar surface area (TPSA) is 8.17 Å². The molecule has 0 unspecified atom stereocenters. The van der Waals surface area contributed by atoms with Gasteiger partial charge in [-0.25, -0.2) is 8.78 Å². The molecule has 26 heavy (non-hydrogen) atoms. The van der Waals surface area contributed by atoms with Crippen LogP contribution in [0.4, 0.5) is 8.78 Å². The van der Waals surface area contributed by atoms with Crippen molar-refractivity contribution in [2.24, 2.45) is 0 Å². The van der Waals surface area contributed by atoms with Gasteiger partial charge in [-0.2, -0.15) is 0 Å². The molecule has 1 atom stereocenters. The molecular formula is C22H22F2N2. The first-order chi connectivity index (χ1) is 12.6. The summed E-state index contributed by atoms with van der Waals surface area (Å²) in [4.78, 5) is 2.19. The Morgan fingerprint density at radius 1 is 0.923 bits per heavy atom. The Morgan fingerprint density at radius 3 is 2.38 bits per heavy atom. The second-order valence-corrected chi connectivity index (χ2v) is 6.97. The highest BCUT2D eigenvalue weighted by atomic mass is 19.1. The van der Waals surface area contributed by atoms with Crippen molar-refractivity contribution in [3.8, 4) is 0 Å². The molecule has 0 amide bonds. The van der Waals surface area contributed by atoms with Gasteiger partial charge in [0.2, 0.25) is 0 Å². The molecule has 1 aliphatic heterocycles. The van der Waals surface area contributed by atoms with Crippen molar-refractivity contribution in [2.75, 3.05) is 6.54 Å². The van der Waals surface area contributed by atoms with E-state index < -0.39 is 17.7 Å². The Kier molecular flexibility index (Phi) is 4.60. The molecule has 2 nitrogen and oxygen atoms in total. The van der Waals surface area contributed by atoms with E-state index in [1.165, 1.54) is 23.8 Å². The third kappa shape index (κ3) is 3.17. The highest BCUT2D eigenvalue weighted by Crippen LogP contribution is 2.35. The van der Waals surface area contributed by atoms with E-state index in [1.54, 1.807) is 0 Å². The van der Waals surface area contributed by atoms with E-state index in [2.05, 4.69) is 40.7 Å². The molecule has 0 saturated carbocycles. The molecule has 0 N–H and O–H groups in total. The Balaban J connectivity index is 1.79. The summed E-state index contributed by atoms with van der Waals surface area (Å²) < 4.78 is 31.4. The maximum absolute atomic E-state index is 14.7. The van der Waals surface area contributed by atoms with Crippen LogP contribution < -0.4 is 0 Å². The smallest absolute Gasteiger partial charge is 0.131 e. The lowest BCUT2D eigenvalue weighted by molar-refractivity contribution is 0.212. The predicted molar refractivity (Wildman–Crippen MR) is 98.8 cm³/mol. The Hall–Kier alpha value is -2.46. The minimum atomic E-state index is -0.487. The lowest BCUT2D eigenvalue weighted by atomic mass is 9.99. The molecule has 0 bridgehead atoms. The van der Waals surface area contributed by atoms with Gasteiger partial charge in [0.15, 0.2) is 0 Å². The average Bonchev–Trinajstić information content (AvgIpc) is 3.01. The van der Waals surface area contributed by atoms with Gasteiger partial charge >= 0.3 is 0 Å². The van der Waals surface area contributed by atoms with Gasteiger partial charge in [0.25, 0.3) is 0 Å². The Labute approximate surface area is 152 Å². The van der Waals surface area contributed by atoms with Crippen LogP contribution in [0, 0.1) is 18.6 Å². The summed E-state index contributed by atoms with van der Waals surface area (Å²) in [5.41, 5.74) is 3.44. The number of aromatic nitrogens is 1. The number of benzene rings is 2. The number of hydrogen-bond acceptors (Lipinski definition) is 1. The van der Waals surface area contributed by atoms with Gasteiger partial charge in [-0.3, -0.25) is 4.90 Å². The molecule has 0 aliphatic carbocycles. The molecule has 2 heterocycles. The van der Waals surface area contributed by atoms with E-state index in [4.69, 9.17) is 0 Å². The molecule has 2 aromatic carbocycles. The van der Waals surface area contributed by atoms with Crippen molar-refractivity contribution in [1.82, 2.24) is 9.47 Å². The van der Waals surface area contributed by atoms with E-state index >= 15 is 0 Å². The molecule has 3 aromatic rings. The fourth-order valence-electron chi connectivity index (χ4n) is 3.84. The first-order valence-electron chi connectivity index (χ1n) is 9.02. The standard InChI is InChI=1S/C22H22F2N2/c1-16-8-10-17(11-9-16)15-26-14-4-13-25-12-3-7-20(25)22(26)21-18(23)5-2-6-19(21)24/h2-3,5-12,22H,4,13-15H2,1H3/t22-/m0/s1. The number of fused-ring (bicyclic) bond motifs is 1. The number of rotatable bonds is 3. The summed E-state index contributed by atoms with van der Waals surface area (Å²) in [6.07, 6.45) is 2.94. The van der Waals surface area contributed by atoms with Crippen LogP contribution >= 0.6 is 0 Å². The van der Waals surface area contributed by atoms with Gasteiger partial charge in [-0.05, 0) is 43.2 Å². The minimum absolute atomic E-state index is 0.140. The maximum Gasteiger partial charge on any atom is 0.131 e. The minimum Gasteiger partial charge on any atom is -0.350 e. The van der Waals surface area contributed by atoms with Crippen molar-refractivity contribution in [1.29, 1.82) is 0 Å². The highest BCUT2D eigenvalue weighted by Gasteiger charge is 2.31. The first-order valence-corrected chi connectivity index (χ1v) is 9.02. The summed E-state index contributed by atoms with van der Waals surface area (Å²) in [5, 5.41) is 0. The highest BCUT2D eigenvalue weighted by molar-refractivity contribution is 5.33. The van der Waals surface area contributed by atoms with Crippen LogP contribution in [0.1, 0.15) is 34.8 Å². The second kappa shape index (κ2) is 7.04. The SMILES string of the molecule is Cc1ccc(CN2CCCn3cccc3[C@H]2c2c(F)cccc2F)cc1. The van der Waals surface area contributed by atoms with Crippen LogP contribution in [0.5, 0.6) is 0 Å². The third-order valence-corrected chi connectivity index (χ3v) is 5.13. The summed E-state index contributed by atoms with van der Waals surface area (Å²) >= 11 is 0. The van der Waals surface area contributed by atoms with Crippen LogP contribution in [-0.4, -0.2) is 16.0 Å². The molecule has 4 heteroatoms. The number of aryl methyl sites for hydroxylation is 2. The van der Waals surface area contributed by atoms with E-state index in [-0.39, 0.29) is 5.56 Å². The fourth-order valence-corrected chi connectivity index (χ4v) is 3.84. The fraction of sp³-hybridized carbons (Fsp3) is 0.273. The lowest BCUT2D eigenvalue weighted by Crippen LogP contribution is -2.30. The Morgan fingerprint density at radius 2 is 1.65 bits per heavy atom. The lowest BCUT2D eigenvalue weighted by Gasteiger charge is -2.31. The van der Waals surface area contributed by atoms with Gasteiger partial charge in [-0.15, -0.1) is 0 Å². The van der Waals surface area contributed by atoms with Gasteiger partial charge in [0, 0.05) is 37.1 Å². The summed E-state index contributed by atoms with van der Waals surface area (Å²) in [6, 6.07) is 16.0. The maximum atomic E-state index is 14.7. The van der Waals surface area contributed by atoms with Crippen LogP contribution in [0.2, 0.25) is 0 Å². The van der Waals surface area contributed by atoms with Gasteiger partial charge < -0.3 is 4.57 Å². The summed E-state index contributed by atoms with van der Waals surface area (Å²) in [5.74, 6) is -0.975. The average molecular weight is 352 g/mol. The monoisotopic (exact) mass is 352 g/mol. The number of hydrogen-bond donors (Lipinski definition) is 0. The van der Waals surface area contributed by atoms with Crippen molar-refractivity contribution in [3.63, 3.8) is 0 Å². The predicted octanol–water partition coefficient (Wildman–Crippen LogP) is 5.07. The van der Waals surface area contributed by atoms with Gasteiger partial charge in [0.1, 0.15) is 11.6 Å². The normalized spacial score (nSPS) is 17.7. The molecule has 134 valence electrons. The van der Waals surface area contributed by atoms with E-state index in [1.807, 2.05) is 18.3 Å². The van der Waals surface area contributed by atoms with Crippen molar-refractivity contribution in [3.05, 3.63) is 94.8 Å². The van der Waals surface area contributed by atoms with Crippen LogP contribution in [0.25, 0.3) is 0 Å². The third-order valence-electron chi connectivity index (χ3n) is 5.13. The van der Waals surface area contributed by atoms with Crippen molar-refractivity contribution in [2.45, 2.75) is 32.5 Å². The number of nitrogens with zero attached hydrogens (tertiary/aromatic N) is 2. The summed E-state index contributed by atoms with van der Waals surface area (Å²) in [6.45, 7) is 4.36. The zero-order chi connectivity index (χ0) is 18.1. The largest absolute Gasteiger partial charge is 0.350 e. The van der Waals surface area contributed by atoms with E-state index in [0.29, 0.717) is 6.54 Å². The Bertz CT molecular complexity index is 879.